The van der Waals surface area contributed by atoms with E-state index >= 15 is 0 Å². The summed E-state index contributed by atoms with van der Waals surface area (Å²) in [6, 6.07) is 0. The molecule has 46 heavy (non-hydrogen) atoms. The fraction of sp³-hybridized carbons (Fsp3) is 0.900. The van der Waals surface area contributed by atoms with Crippen LogP contribution in [0.1, 0.15) is 118 Å². The summed E-state index contributed by atoms with van der Waals surface area (Å²) >= 11 is 0. The minimum absolute atomic E-state index is 0.0980. The predicted octanol–water partition coefficient (Wildman–Crippen LogP) is 7.46. The standard InChI is InChI=1S/C40H64N2O4/c1-5-16-42(20-19-41-17-10-7-11-18-41)25-35-31(29-12-8-6-9-13-29)22-36(46-35)39-24-32-28(4)14-15-33(32)38(26-43)23-30(39)21-34(27(2)3)40(38,39)37(44)45/h21,26-33,35-36H,5-20,22-25H2,1-4H3,(H,44,45)/t28-,30?,31?,32-,33-,35?,36?,38?,39?,40+/m1/s1. The van der Waals surface area contributed by atoms with Gasteiger partial charge in [0.25, 0.3) is 0 Å². The van der Waals surface area contributed by atoms with E-state index in [1.165, 1.54) is 70.7 Å². The van der Waals surface area contributed by atoms with E-state index in [2.05, 4.69) is 43.6 Å². The Morgan fingerprint density at radius 2 is 1.78 bits per heavy atom. The quantitative estimate of drug-likeness (QED) is 0.177. The third kappa shape index (κ3) is 4.79. The average Bonchev–Trinajstić information content (AvgIpc) is 3.78. The molecule has 6 heteroatoms. The summed E-state index contributed by atoms with van der Waals surface area (Å²) in [4.78, 5) is 33.2. The second-order valence-electron chi connectivity index (χ2n) is 17.5. The van der Waals surface area contributed by atoms with E-state index in [1.54, 1.807) is 0 Å². The van der Waals surface area contributed by atoms with Crippen molar-refractivity contribution in [3.63, 3.8) is 0 Å². The first-order valence-electron chi connectivity index (χ1n) is 19.8. The van der Waals surface area contributed by atoms with E-state index < -0.39 is 22.2 Å². The molecule has 6 fully saturated rings. The largest absolute Gasteiger partial charge is 0.481 e. The van der Waals surface area contributed by atoms with Crippen molar-refractivity contribution < 1.29 is 19.4 Å². The Hall–Kier alpha value is -1.24. The zero-order valence-electron chi connectivity index (χ0n) is 29.6. The third-order valence-electron chi connectivity index (χ3n) is 15.3. The molecule has 2 saturated heterocycles. The first-order valence-corrected chi connectivity index (χ1v) is 19.8. The van der Waals surface area contributed by atoms with E-state index in [1.807, 2.05) is 0 Å². The normalized spacial score (nSPS) is 44.2. The maximum absolute atomic E-state index is 14.2. The topological polar surface area (TPSA) is 70.1 Å². The Morgan fingerprint density at radius 1 is 1.04 bits per heavy atom. The zero-order chi connectivity index (χ0) is 32.3. The highest BCUT2D eigenvalue weighted by Crippen LogP contribution is 2.84. The van der Waals surface area contributed by atoms with Crippen LogP contribution in [0, 0.1) is 57.7 Å². The highest BCUT2D eigenvalue weighted by atomic mass is 16.5. The third-order valence-corrected chi connectivity index (χ3v) is 15.3. The van der Waals surface area contributed by atoms with Crippen molar-refractivity contribution in [1.29, 1.82) is 0 Å². The number of rotatable bonds is 12. The monoisotopic (exact) mass is 636 g/mol. The molecule has 4 bridgehead atoms. The lowest BCUT2D eigenvalue weighted by Gasteiger charge is -2.60. The molecule has 0 aromatic heterocycles. The van der Waals surface area contributed by atoms with Crippen molar-refractivity contribution in [3.05, 3.63) is 11.6 Å². The van der Waals surface area contributed by atoms with Gasteiger partial charge in [0.05, 0.1) is 17.6 Å². The summed E-state index contributed by atoms with van der Waals surface area (Å²) in [6.45, 7) is 15.8. The molecule has 0 spiro atoms. The lowest BCUT2D eigenvalue weighted by atomic mass is 9.41. The smallest absolute Gasteiger partial charge is 0.315 e. The van der Waals surface area contributed by atoms with E-state index in [9.17, 15) is 14.7 Å². The molecule has 6 nitrogen and oxygen atoms in total. The number of hydrogen-bond donors (Lipinski definition) is 1. The molecule has 7 aliphatic rings. The molecule has 2 aliphatic heterocycles. The van der Waals surface area contributed by atoms with Crippen LogP contribution in [-0.4, -0.2) is 78.6 Å². The van der Waals surface area contributed by atoms with Crippen LogP contribution < -0.4 is 0 Å². The first-order chi connectivity index (χ1) is 22.2. The Morgan fingerprint density at radius 3 is 2.46 bits per heavy atom. The number of piperidine rings is 1. The van der Waals surface area contributed by atoms with E-state index in [0.717, 1.165) is 63.9 Å². The summed E-state index contributed by atoms with van der Waals surface area (Å²) in [7, 11) is 0. The van der Waals surface area contributed by atoms with Crippen LogP contribution in [0.5, 0.6) is 0 Å². The summed E-state index contributed by atoms with van der Waals surface area (Å²) in [6.07, 6.45) is 20.0. The van der Waals surface area contributed by atoms with Crippen molar-refractivity contribution in [3.8, 4) is 0 Å². The number of fused-ring (bicyclic) bond motifs is 2. The number of carbonyl (C=O) groups excluding carboxylic acids is 1. The summed E-state index contributed by atoms with van der Waals surface area (Å²) in [5.41, 5.74) is -1.42. The minimum Gasteiger partial charge on any atom is -0.481 e. The average molecular weight is 637 g/mol. The van der Waals surface area contributed by atoms with Gasteiger partial charge in [-0.05, 0) is 106 Å². The lowest BCUT2D eigenvalue weighted by Crippen LogP contribution is -2.65. The number of ether oxygens (including phenoxy) is 1. The summed E-state index contributed by atoms with van der Waals surface area (Å²) < 4.78 is 7.55. The lowest BCUT2D eigenvalue weighted by molar-refractivity contribution is -0.197. The van der Waals surface area contributed by atoms with Gasteiger partial charge >= 0.3 is 5.97 Å². The van der Waals surface area contributed by atoms with Crippen molar-refractivity contribution in [2.45, 2.75) is 130 Å². The molecule has 0 radical (unpaired) electrons. The number of carboxylic acids is 1. The van der Waals surface area contributed by atoms with Gasteiger partial charge < -0.3 is 19.5 Å². The molecule has 258 valence electrons. The first kappa shape index (κ1) is 33.3. The molecule has 0 amide bonds. The zero-order valence-corrected chi connectivity index (χ0v) is 29.6. The number of carbonyl (C=O) groups is 2. The van der Waals surface area contributed by atoms with Crippen LogP contribution in [0.25, 0.3) is 0 Å². The molecule has 7 rings (SSSR count). The van der Waals surface area contributed by atoms with Crippen LogP contribution in [0.3, 0.4) is 0 Å². The summed E-state index contributed by atoms with van der Waals surface area (Å²) in [5.74, 6) is 1.77. The van der Waals surface area contributed by atoms with Crippen molar-refractivity contribution >= 4 is 12.3 Å². The Balaban J connectivity index is 1.25. The number of nitrogens with zero attached hydrogens (tertiary/aromatic N) is 2. The van der Waals surface area contributed by atoms with Crippen LogP contribution in [0.4, 0.5) is 0 Å². The van der Waals surface area contributed by atoms with Gasteiger partial charge in [-0.25, -0.2) is 0 Å². The Labute approximate surface area is 279 Å². The fourth-order valence-electron chi connectivity index (χ4n) is 13.5. The van der Waals surface area contributed by atoms with Crippen LogP contribution in [0.15, 0.2) is 11.6 Å². The van der Waals surface area contributed by atoms with Crippen molar-refractivity contribution in [1.82, 2.24) is 9.80 Å². The highest BCUT2D eigenvalue weighted by Gasteiger charge is 2.86. The molecule has 4 saturated carbocycles. The van der Waals surface area contributed by atoms with Gasteiger partial charge in [-0.15, -0.1) is 0 Å². The number of likely N-dealkylation sites (tertiary alicyclic amines) is 1. The van der Waals surface area contributed by atoms with Crippen LogP contribution in [0.2, 0.25) is 0 Å². The molecule has 0 aromatic rings. The Bertz CT molecular complexity index is 1160. The van der Waals surface area contributed by atoms with E-state index in [0.29, 0.717) is 30.1 Å². The van der Waals surface area contributed by atoms with Crippen LogP contribution in [-0.2, 0) is 14.3 Å². The second-order valence-corrected chi connectivity index (χ2v) is 17.5. The molecule has 5 aliphatic carbocycles. The predicted molar refractivity (Wildman–Crippen MR) is 182 cm³/mol. The molecule has 10 atom stereocenters. The molecular weight excluding hydrogens is 572 g/mol. The number of aldehydes is 1. The van der Waals surface area contributed by atoms with Gasteiger partial charge in [0.1, 0.15) is 11.7 Å². The van der Waals surface area contributed by atoms with Crippen molar-refractivity contribution in [2.24, 2.45) is 57.7 Å². The molecule has 1 N–H and O–H groups in total. The van der Waals surface area contributed by atoms with Gasteiger partial charge in [-0.1, -0.05) is 84.3 Å². The molecule has 2 heterocycles. The van der Waals surface area contributed by atoms with Gasteiger partial charge in [-0.2, -0.15) is 0 Å². The number of carboxylic acid groups (broad SMARTS) is 1. The number of allylic oxidation sites excluding steroid dienone is 1. The maximum atomic E-state index is 14.2. The van der Waals surface area contributed by atoms with E-state index in [4.69, 9.17) is 4.74 Å². The van der Waals surface area contributed by atoms with Gasteiger partial charge in [0.2, 0.25) is 0 Å². The van der Waals surface area contributed by atoms with Gasteiger partial charge in [0.15, 0.2) is 0 Å². The highest BCUT2D eigenvalue weighted by molar-refractivity contribution is 5.90. The van der Waals surface area contributed by atoms with Crippen LogP contribution >= 0.6 is 0 Å². The number of aliphatic carboxylic acids is 1. The maximum Gasteiger partial charge on any atom is 0.315 e. The SMILES string of the molecule is CCCN(CCN1CCCCC1)CC1OC(C23C[C@@H]4[C@H](C)CC[C@H]4C4(C=O)CC2C=C(C(C)C)[C@@]34C(=O)O)CC1C1CCCCC1. The van der Waals surface area contributed by atoms with Gasteiger partial charge in [-0.3, -0.25) is 9.69 Å². The summed E-state index contributed by atoms with van der Waals surface area (Å²) in [5, 5.41) is 11.6. The molecule has 0 aromatic carbocycles. The van der Waals surface area contributed by atoms with Crippen molar-refractivity contribution in [2.75, 3.05) is 39.3 Å². The second kappa shape index (κ2) is 12.9. The van der Waals surface area contributed by atoms with E-state index in [-0.39, 0.29) is 30.0 Å². The minimum atomic E-state index is -1.14. The Kier molecular flexibility index (Phi) is 9.33. The molecular formula is C40H64N2O4. The fourth-order valence-corrected chi connectivity index (χ4v) is 13.5. The van der Waals surface area contributed by atoms with Gasteiger partial charge in [0, 0.05) is 25.0 Å². The number of hydrogen-bond acceptors (Lipinski definition) is 5. The molecule has 6 unspecified atom stereocenters.